The number of rotatable bonds is 3. The maximum Gasteiger partial charge on any atom is 0.136 e. The van der Waals surface area contributed by atoms with E-state index in [9.17, 15) is 19.8 Å². The molecule has 5 nitrogen and oxygen atoms in total. The first-order valence-corrected chi connectivity index (χ1v) is 4.08. The van der Waals surface area contributed by atoms with Crippen LogP contribution in [0.4, 0.5) is 0 Å². The summed E-state index contributed by atoms with van der Waals surface area (Å²) in [6.45, 7) is 1.57. The Kier molecular flexibility index (Phi) is 2.94. The number of aromatic carboxylic acids is 2. The number of hydrogen-bond acceptors (Lipinski definition) is 5. The highest BCUT2D eigenvalue weighted by Gasteiger charge is 2.11. The fourth-order valence-corrected chi connectivity index (χ4v) is 1.30. The SMILES string of the molecule is COc1c(C(=O)[O-])cc(C)cc1C(=O)[O-]. The van der Waals surface area contributed by atoms with Crippen molar-refractivity contribution >= 4 is 11.9 Å². The lowest BCUT2D eigenvalue weighted by Gasteiger charge is -2.15. The van der Waals surface area contributed by atoms with E-state index in [1.165, 1.54) is 19.2 Å². The molecule has 0 unspecified atom stereocenters. The summed E-state index contributed by atoms with van der Waals surface area (Å²) in [5, 5.41) is 21.4. The summed E-state index contributed by atoms with van der Waals surface area (Å²) in [6.07, 6.45) is 0. The van der Waals surface area contributed by atoms with Gasteiger partial charge in [0.1, 0.15) is 5.75 Å². The van der Waals surface area contributed by atoms with E-state index in [0.29, 0.717) is 5.56 Å². The van der Waals surface area contributed by atoms with Crippen molar-refractivity contribution in [2.45, 2.75) is 6.92 Å². The molecule has 0 aliphatic heterocycles. The molecule has 1 rings (SSSR count). The number of ether oxygens (including phenoxy) is 1. The number of benzene rings is 1. The molecule has 0 bridgehead atoms. The first kappa shape index (κ1) is 11.0. The van der Waals surface area contributed by atoms with Crippen LogP contribution < -0.4 is 14.9 Å². The van der Waals surface area contributed by atoms with E-state index in [2.05, 4.69) is 0 Å². The predicted molar refractivity (Wildman–Crippen MR) is 46.4 cm³/mol. The fraction of sp³-hybridized carbons (Fsp3) is 0.200. The van der Waals surface area contributed by atoms with Gasteiger partial charge >= 0.3 is 0 Å². The molecule has 0 N–H and O–H groups in total. The molecule has 0 spiro atoms. The van der Waals surface area contributed by atoms with Gasteiger partial charge in [-0.2, -0.15) is 0 Å². The fourth-order valence-electron chi connectivity index (χ4n) is 1.30. The van der Waals surface area contributed by atoms with Crippen LogP contribution in [0.2, 0.25) is 0 Å². The van der Waals surface area contributed by atoms with Gasteiger partial charge in [0.05, 0.1) is 19.0 Å². The van der Waals surface area contributed by atoms with Crippen molar-refractivity contribution in [3.05, 3.63) is 28.8 Å². The average molecular weight is 208 g/mol. The molecule has 0 saturated carbocycles. The molecule has 0 fully saturated rings. The molecule has 0 heterocycles. The van der Waals surface area contributed by atoms with E-state index in [-0.39, 0.29) is 16.9 Å². The first-order valence-electron chi connectivity index (χ1n) is 4.08. The Balaban J connectivity index is 3.52. The summed E-state index contributed by atoms with van der Waals surface area (Å²) >= 11 is 0. The first-order chi connectivity index (χ1) is 6.97. The van der Waals surface area contributed by atoms with Crippen LogP contribution in [0.25, 0.3) is 0 Å². The van der Waals surface area contributed by atoms with Crippen LogP contribution in [0.5, 0.6) is 5.75 Å². The van der Waals surface area contributed by atoms with Gasteiger partial charge in [-0.15, -0.1) is 0 Å². The summed E-state index contributed by atoms with van der Waals surface area (Å²) in [4.78, 5) is 21.4. The van der Waals surface area contributed by atoms with Crippen molar-refractivity contribution < 1.29 is 24.5 Å². The number of carboxylic acid groups (broad SMARTS) is 2. The number of hydrogen-bond donors (Lipinski definition) is 0. The van der Waals surface area contributed by atoms with Gasteiger partial charge in [-0.3, -0.25) is 0 Å². The average Bonchev–Trinajstić information content (AvgIpc) is 2.16. The molecule has 0 saturated heterocycles. The van der Waals surface area contributed by atoms with Crippen molar-refractivity contribution in [3.8, 4) is 5.75 Å². The molecule has 0 aliphatic rings. The molecule has 5 heteroatoms. The zero-order valence-electron chi connectivity index (χ0n) is 8.20. The van der Waals surface area contributed by atoms with Gasteiger partial charge in [0.2, 0.25) is 0 Å². The van der Waals surface area contributed by atoms with Crippen LogP contribution in [0.15, 0.2) is 12.1 Å². The third kappa shape index (κ3) is 2.07. The zero-order chi connectivity index (χ0) is 11.6. The summed E-state index contributed by atoms with van der Waals surface area (Å²) in [7, 11) is 1.18. The third-order valence-electron chi connectivity index (χ3n) is 1.88. The summed E-state index contributed by atoms with van der Waals surface area (Å²) in [6, 6.07) is 2.56. The molecule has 80 valence electrons. The Morgan fingerprint density at radius 2 is 1.53 bits per heavy atom. The van der Waals surface area contributed by atoms with Gasteiger partial charge in [-0.1, -0.05) is 0 Å². The smallest absolute Gasteiger partial charge is 0.136 e. The molecule has 0 radical (unpaired) electrons. The monoisotopic (exact) mass is 208 g/mol. The van der Waals surface area contributed by atoms with E-state index in [0.717, 1.165) is 0 Å². The van der Waals surface area contributed by atoms with Crippen LogP contribution in [0, 0.1) is 6.92 Å². The van der Waals surface area contributed by atoms with Gasteiger partial charge in [0.15, 0.2) is 0 Å². The van der Waals surface area contributed by atoms with Crippen LogP contribution in [0.3, 0.4) is 0 Å². The highest BCUT2D eigenvalue weighted by atomic mass is 16.5. The van der Waals surface area contributed by atoms with Crippen molar-refractivity contribution in [1.82, 2.24) is 0 Å². The van der Waals surface area contributed by atoms with E-state index < -0.39 is 11.9 Å². The standard InChI is InChI=1S/C10H10O5/c1-5-3-6(9(11)12)8(15-2)7(4-5)10(13)14/h3-4H,1-2H3,(H,11,12)(H,13,14)/p-2. The predicted octanol–water partition coefficient (Wildman–Crippen LogP) is -1.27. The topological polar surface area (TPSA) is 89.5 Å². The largest absolute Gasteiger partial charge is 0.545 e. The normalized spacial score (nSPS) is 9.73. The lowest BCUT2D eigenvalue weighted by Crippen LogP contribution is -2.27. The van der Waals surface area contributed by atoms with Crippen LogP contribution in [-0.2, 0) is 0 Å². The van der Waals surface area contributed by atoms with E-state index in [4.69, 9.17) is 4.74 Å². The minimum absolute atomic E-state index is 0.249. The second kappa shape index (κ2) is 4.00. The quantitative estimate of drug-likeness (QED) is 0.617. The Morgan fingerprint density at radius 1 is 1.13 bits per heavy atom. The summed E-state index contributed by atoms with van der Waals surface area (Å²) in [5.74, 6) is -3.23. The van der Waals surface area contributed by atoms with E-state index in [1.54, 1.807) is 6.92 Å². The Labute approximate surface area is 85.9 Å². The van der Waals surface area contributed by atoms with Crippen LogP contribution in [0.1, 0.15) is 26.3 Å². The Hall–Kier alpha value is -2.04. The molecular formula is C10H8O5-2. The van der Waals surface area contributed by atoms with Gasteiger partial charge in [0, 0.05) is 11.1 Å². The van der Waals surface area contributed by atoms with E-state index in [1.807, 2.05) is 0 Å². The van der Waals surface area contributed by atoms with E-state index >= 15 is 0 Å². The third-order valence-corrected chi connectivity index (χ3v) is 1.88. The highest BCUT2D eigenvalue weighted by Crippen LogP contribution is 2.24. The maximum absolute atomic E-state index is 10.7. The van der Waals surface area contributed by atoms with Gasteiger partial charge < -0.3 is 24.5 Å². The molecule has 0 aromatic heterocycles. The Morgan fingerprint density at radius 3 is 1.80 bits per heavy atom. The maximum atomic E-state index is 10.7. The van der Waals surface area contributed by atoms with Crippen molar-refractivity contribution in [1.29, 1.82) is 0 Å². The molecule has 0 aliphatic carbocycles. The minimum Gasteiger partial charge on any atom is -0.545 e. The lowest BCUT2D eigenvalue weighted by molar-refractivity contribution is -0.255. The van der Waals surface area contributed by atoms with Gasteiger partial charge in [-0.05, 0) is 24.6 Å². The molecule has 0 amide bonds. The zero-order valence-corrected chi connectivity index (χ0v) is 8.20. The number of aryl methyl sites for hydroxylation is 1. The lowest BCUT2D eigenvalue weighted by atomic mass is 10.0. The minimum atomic E-state index is -1.49. The number of carboxylic acids is 2. The number of carbonyl (C=O) groups is 2. The molecule has 15 heavy (non-hydrogen) atoms. The number of carbonyl (C=O) groups excluding carboxylic acids is 2. The van der Waals surface area contributed by atoms with Crippen molar-refractivity contribution in [3.63, 3.8) is 0 Å². The van der Waals surface area contributed by atoms with Crippen molar-refractivity contribution in [2.24, 2.45) is 0 Å². The van der Waals surface area contributed by atoms with Crippen molar-refractivity contribution in [2.75, 3.05) is 7.11 Å². The van der Waals surface area contributed by atoms with Crippen LogP contribution in [-0.4, -0.2) is 19.0 Å². The second-order valence-corrected chi connectivity index (χ2v) is 2.97. The summed E-state index contributed by atoms with van der Waals surface area (Å²) in [5.41, 5.74) is -0.109. The number of methoxy groups -OCH3 is 1. The molecule has 0 atom stereocenters. The second-order valence-electron chi connectivity index (χ2n) is 2.97. The highest BCUT2D eigenvalue weighted by molar-refractivity contribution is 5.97. The molecular weight excluding hydrogens is 200 g/mol. The summed E-state index contributed by atoms with van der Waals surface area (Å²) < 4.78 is 4.71. The molecule has 1 aromatic carbocycles. The van der Waals surface area contributed by atoms with Gasteiger partial charge in [-0.25, -0.2) is 0 Å². The van der Waals surface area contributed by atoms with Gasteiger partial charge in [0.25, 0.3) is 0 Å². The van der Waals surface area contributed by atoms with Crippen LogP contribution >= 0.6 is 0 Å². The molecule has 1 aromatic rings. The Bertz CT molecular complexity index is 387.